The minimum Gasteiger partial charge on any atom is -0.301 e. The zero-order valence-electron chi connectivity index (χ0n) is 15.2. The van der Waals surface area contributed by atoms with Crippen molar-refractivity contribution in [3.63, 3.8) is 0 Å². The van der Waals surface area contributed by atoms with Crippen molar-refractivity contribution in [2.75, 3.05) is 11.1 Å². The lowest BCUT2D eigenvalue weighted by Crippen LogP contribution is -2.13. The van der Waals surface area contributed by atoms with Crippen LogP contribution in [0.15, 0.2) is 70.5 Å². The molecule has 0 fully saturated rings. The van der Waals surface area contributed by atoms with Gasteiger partial charge >= 0.3 is 0 Å². The molecule has 4 aromatic rings. The SMILES string of the molecule is O=C(CSc1nc(-c2ccccc2)cs1)Nc1ncc(Cc2ccccc2F)s1. The fraction of sp³-hybridized carbons (Fsp3) is 0.0952. The summed E-state index contributed by atoms with van der Waals surface area (Å²) < 4.78 is 14.6. The monoisotopic (exact) mass is 441 g/mol. The van der Waals surface area contributed by atoms with Gasteiger partial charge in [-0.15, -0.1) is 22.7 Å². The van der Waals surface area contributed by atoms with Crippen LogP contribution in [-0.2, 0) is 11.2 Å². The van der Waals surface area contributed by atoms with E-state index in [0.717, 1.165) is 20.5 Å². The lowest BCUT2D eigenvalue weighted by atomic mass is 10.1. The van der Waals surface area contributed by atoms with E-state index in [1.165, 1.54) is 40.5 Å². The van der Waals surface area contributed by atoms with Crippen molar-refractivity contribution in [3.05, 3.63) is 82.4 Å². The van der Waals surface area contributed by atoms with Crippen LogP contribution >= 0.6 is 34.4 Å². The van der Waals surface area contributed by atoms with Gasteiger partial charge in [-0.05, 0) is 11.6 Å². The van der Waals surface area contributed by atoms with Crippen molar-refractivity contribution in [3.8, 4) is 11.3 Å². The first-order chi connectivity index (χ1) is 14.2. The highest BCUT2D eigenvalue weighted by Gasteiger charge is 2.11. The molecule has 2 aromatic carbocycles. The van der Waals surface area contributed by atoms with Crippen molar-refractivity contribution in [2.45, 2.75) is 10.8 Å². The summed E-state index contributed by atoms with van der Waals surface area (Å²) in [6.45, 7) is 0. The zero-order valence-corrected chi connectivity index (χ0v) is 17.6. The molecule has 0 atom stereocenters. The summed E-state index contributed by atoms with van der Waals surface area (Å²) in [7, 11) is 0. The number of amides is 1. The number of nitrogens with zero attached hydrogens (tertiary/aromatic N) is 2. The molecule has 0 aliphatic heterocycles. The molecule has 0 saturated heterocycles. The number of carbonyl (C=O) groups is 1. The average molecular weight is 442 g/mol. The summed E-state index contributed by atoms with van der Waals surface area (Å²) in [5.74, 6) is -0.122. The molecule has 146 valence electrons. The van der Waals surface area contributed by atoms with Gasteiger partial charge in [0.1, 0.15) is 5.82 Å². The van der Waals surface area contributed by atoms with Crippen LogP contribution < -0.4 is 5.32 Å². The molecule has 0 aliphatic carbocycles. The van der Waals surface area contributed by atoms with Gasteiger partial charge in [-0.25, -0.2) is 14.4 Å². The molecule has 1 amide bonds. The predicted molar refractivity (Wildman–Crippen MR) is 118 cm³/mol. The van der Waals surface area contributed by atoms with Crippen molar-refractivity contribution in [1.82, 2.24) is 9.97 Å². The average Bonchev–Trinajstić information content (AvgIpc) is 3.38. The fourth-order valence-corrected chi connectivity index (χ4v) is 5.11. The third-order valence-electron chi connectivity index (χ3n) is 4.00. The topological polar surface area (TPSA) is 54.9 Å². The number of aromatic nitrogens is 2. The second kappa shape index (κ2) is 9.30. The second-order valence-electron chi connectivity index (χ2n) is 6.10. The minimum atomic E-state index is -0.235. The van der Waals surface area contributed by atoms with Gasteiger partial charge in [0.05, 0.1) is 11.4 Å². The molecule has 2 heterocycles. The number of hydrogen-bond donors (Lipinski definition) is 1. The van der Waals surface area contributed by atoms with Gasteiger partial charge in [-0.2, -0.15) is 0 Å². The molecule has 0 unspecified atom stereocenters. The Hall–Kier alpha value is -2.55. The van der Waals surface area contributed by atoms with E-state index < -0.39 is 0 Å². The summed E-state index contributed by atoms with van der Waals surface area (Å²) in [4.78, 5) is 21.9. The lowest BCUT2D eigenvalue weighted by molar-refractivity contribution is -0.113. The Morgan fingerprint density at radius 2 is 1.90 bits per heavy atom. The molecule has 4 rings (SSSR count). The lowest BCUT2D eigenvalue weighted by Gasteiger charge is -2.00. The molecule has 0 aliphatic rings. The Morgan fingerprint density at radius 1 is 1.10 bits per heavy atom. The maximum atomic E-state index is 13.8. The van der Waals surface area contributed by atoms with Crippen LogP contribution in [0.5, 0.6) is 0 Å². The van der Waals surface area contributed by atoms with E-state index >= 15 is 0 Å². The Labute approximate surface area is 179 Å². The van der Waals surface area contributed by atoms with Crippen LogP contribution in [0.4, 0.5) is 9.52 Å². The summed E-state index contributed by atoms with van der Waals surface area (Å²) >= 11 is 4.28. The highest BCUT2D eigenvalue weighted by atomic mass is 32.2. The van der Waals surface area contributed by atoms with Crippen LogP contribution in [0.2, 0.25) is 0 Å². The molecule has 2 aromatic heterocycles. The summed E-state index contributed by atoms with van der Waals surface area (Å²) in [6.07, 6.45) is 2.13. The van der Waals surface area contributed by atoms with Crippen molar-refractivity contribution in [2.24, 2.45) is 0 Å². The summed E-state index contributed by atoms with van der Waals surface area (Å²) in [5.41, 5.74) is 2.59. The van der Waals surface area contributed by atoms with Crippen molar-refractivity contribution >= 4 is 45.5 Å². The number of benzene rings is 2. The second-order valence-corrected chi connectivity index (χ2v) is 9.30. The maximum absolute atomic E-state index is 13.8. The normalized spacial score (nSPS) is 10.8. The molecular weight excluding hydrogens is 425 g/mol. The van der Waals surface area contributed by atoms with Gasteiger partial charge in [-0.1, -0.05) is 60.3 Å². The molecule has 0 spiro atoms. The van der Waals surface area contributed by atoms with Gasteiger partial charge in [0, 0.05) is 28.4 Å². The Morgan fingerprint density at radius 3 is 2.72 bits per heavy atom. The van der Waals surface area contributed by atoms with E-state index in [2.05, 4.69) is 15.3 Å². The predicted octanol–water partition coefficient (Wildman–Crippen LogP) is 5.73. The third kappa shape index (κ3) is 5.29. The molecule has 1 N–H and O–H groups in total. The number of hydrogen-bond acceptors (Lipinski definition) is 6. The number of thioether (sulfide) groups is 1. The van der Waals surface area contributed by atoms with E-state index in [1.54, 1.807) is 24.4 Å². The fourth-order valence-electron chi connectivity index (χ4n) is 2.62. The third-order valence-corrected chi connectivity index (χ3v) is 6.94. The van der Waals surface area contributed by atoms with Crippen LogP contribution in [0.1, 0.15) is 10.4 Å². The molecule has 29 heavy (non-hydrogen) atoms. The van der Waals surface area contributed by atoms with E-state index in [4.69, 9.17) is 0 Å². The first-order valence-electron chi connectivity index (χ1n) is 8.79. The Bertz CT molecular complexity index is 1110. The van der Waals surface area contributed by atoms with Crippen molar-refractivity contribution < 1.29 is 9.18 Å². The molecule has 0 bridgehead atoms. The number of thiazole rings is 2. The molecular formula is C21H16FN3OS3. The van der Waals surface area contributed by atoms with Gasteiger partial charge < -0.3 is 5.32 Å². The first-order valence-corrected chi connectivity index (χ1v) is 11.5. The van der Waals surface area contributed by atoms with Crippen molar-refractivity contribution in [1.29, 1.82) is 0 Å². The van der Waals surface area contributed by atoms with Crippen LogP contribution in [-0.4, -0.2) is 21.6 Å². The number of nitrogens with one attached hydrogen (secondary N) is 1. The molecule has 0 radical (unpaired) electrons. The quantitative estimate of drug-likeness (QED) is 0.372. The van der Waals surface area contributed by atoms with Crippen LogP contribution in [0.25, 0.3) is 11.3 Å². The molecule has 0 saturated carbocycles. The van der Waals surface area contributed by atoms with Gasteiger partial charge in [0.25, 0.3) is 0 Å². The smallest absolute Gasteiger partial charge is 0.236 e. The van der Waals surface area contributed by atoms with Crippen LogP contribution in [0, 0.1) is 5.82 Å². The van der Waals surface area contributed by atoms with Gasteiger partial charge in [-0.3, -0.25) is 4.79 Å². The highest BCUT2D eigenvalue weighted by molar-refractivity contribution is 8.01. The summed E-state index contributed by atoms with van der Waals surface area (Å²) in [5, 5.41) is 5.31. The Kier molecular flexibility index (Phi) is 6.33. The standard InChI is InChI=1S/C21H16FN3OS3/c22-17-9-5-4-8-15(17)10-16-11-23-20(29-16)25-19(26)13-28-21-24-18(12-27-21)14-6-2-1-3-7-14/h1-9,11-12H,10,13H2,(H,23,25,26). The minimum absolute atomic E-state index is 0.141. The van der Waals surface area contributed by atoms with E-state index in [9.17, 15) is 9.18 Å². The largest absolute Gasteiger partial charge is 0.301 e. The van der Waals surface area contributed by atoms with Gasteiger partial charge in [0.2, 0.25) is 5.91 Å². The van der Waals surface area contributed by atoms with E-state index in [-0.39, 0.29) is 17.5 Å². The Balaban J connectivity index is 1.30. The number of rotatable bonds is 7. The van der Waals surface area contributed by atoms with E-state index in [0.29, 0.717) is 17.1 Å². The number of carbonyl (C=O) groups excluding carboxylic acids is 1. The molecule has 8 heteroatoms. The zero-order chi connectivity index (χ0) is 20.1. The maximum Gasteiger partial charge on any atom is 0.236 e. The number of anilines is 1. The van der Waals surface area contributed by atoms with Crippen LogP contribution in [0.3, 0.4) is 0 Å². The summed E-state index contributed by atoms with van der Waals surface area (Å²) in [6, 6.07) is 16.6. The van der Waals surface area contributed by atoms with E-state index in [1.807, 2.05) is 35.7 Å². The van der Waals surface area contributed by atoms with Gasteiger partial charge in [0.15, 0.2) is 9.47 Å². The highest BCUT2D eigenvalue weighted by Crippen LogP contribution is 2.28. The molecule has 4 nitrogen and oxygen atoms in total. The number of halogens is 1. The first kappa shape index (κ1) is 19.8.